The van der Waals surface area contributed by atoms with E-state index in [4.69, 9.17) is 16.3 Å². The zero-order chi connectivity index (χ0) is 24.1. The molecule has 0 saturated carbocycles. The van der Waals surface area contributed by atoms with Gasteiger partial charge in [0.2, 0.25) is 11.8 Å². The van der Waals surface area contributed by atoms with Gasteiger partial charge in [-0.25, -0.2) is 0 Å². The summed E-state index contributed by atoms with van der Waals surface area (Å²) in [5, 5.41) is 15.8. The topological polar surface area (TPSA) is 108 Å². The zero-order valence-corrected chi connectivity index (χ0v) is 20.8. The molecule has 1 aliphatic rings. The van der Waals surface area contributed by atoms with Crippen LogP contribution >= 0.6 is 39.3 Å². The smallest absolute Gasteiger partial charge is 0.319 e. The second kappa shape index (κ2) is 10.9. The van der Waals surface area contributed by atoms with Crippen LogP contribution in [0.25, 0.3) is 0 Å². The van der Waals surface area contributed by atoms with Crippen molar-refractivity contribution in [1.82, 2.24) is 5.32 Å². The van der Waals surface area contributed by atoms with Gasteiger partial charge in [-0.3, -0.25) is 14.4 Å². The van der Waals surface area contributed by atoms with E-state index in [1.165, 1.54) is 7.11 Å². The number of halogens is 2. The number of carbonyl (C=O) groups excluding carboxylic acids is 3. The number of nitriles is 1. The highest BCUT2D eigenvalue weighted by atomic mass is 79.9. The largest absolute Gasteiger partial charge is 0.468 e. The summed E-state index contributed by atoms with van der Waals surface area (Å²) < 4.78 is 5.60. The van der Waals surface area contributed by atoms with E-state index in [1.54, 1.807) is 30.3 Å². The zero-order valence-electron chi connectivity index (χ0n) is 17.6. The van der Waals surface area contributed by atoms with Crippen LogP contribution in [0.3, 0.4) is 0 Å². The fourth-order valence-electron chi connectivity index (χ4n) is 3.37. The summed E-state index contributed by atoms with van der Waals surface area (Å²) in [7, 11) is 1.19. The number of esters is 1. The average Bonchev–Trinajstić information content (AvgIpc) is 2.79. The SMILES string of the molecule is COC(=O)[C@H]1C(=O)NC(SCC(=O)Nc2ccc(Br)cc2Cl)=C(C#N)[C@H]1c1ccc(C)cc1. The lowest BCUT2D eigenvalue weighted by Gasteiger charge is -2.31. The summed E-state index contributed by atoms with van der Waals surface area (Å²) in [4.78, 5) is 37.7. The summed E-state index contributed by atoms with van der Waals surface area (Å²) in [6.45, 7) is 1.91. The molecule has 0 spiro atoms. The molecule has 3 rings (SSSR count). The van der Waals surface area contributed by atoms with E-state index in [0.29, 0.717) is 16.3 Å². The van der Waals surface area contributed by atoms with Crippen LogP contribution in [0.2, 0.25) is 5.02 Å². The first-order valence-corrected chi connectivity index (χ1v) is 11.9. The number of aryl methyl sites for hydroxylation is 1. The number of nitrogens with one attached hydrogen (secondary N) is 2. The summed E-state index contributed by atoms with van der Waals surface area (Å²) in [5.74, 6) is -3.83. The first-order valence-electron chi connectivity index (χ1n) is 9.72. The van der Waals surface area contributed by atoms with E-state index >= 15 is 0 Å². The number of rotatable bonds is 6. The van der Waals surface area contributed by atoms with Crippen molar-refractivity contribution in [2.75, 3.05) is 18.2 Å². The number of methoxy groups -OCH3 is 1. The quantitative estimate of drug-likeness (QED) is 0.406. The van der Waals surface area contributed by atoms with Crippen molar-refractivity contribution in [1.29, 1.82) is 5.26 Å². The van der Waals surface area contributed by atoms with Crippen molar-refractivity contribution >= 4 is 62.8 Å². The predicted molar refractivity (Wildman–Crippen MR) is 130 cm³/mol. The van der Waals surface area contributed by atoms with Gasteiger partial charge in [0.25, 0.3) is 0 Å². The van der Waals surface area contributed by atoms with E-state index in [2.05, 4.69) is 32.6 Å². The molecular weight excluding hydrogens is 530 g/mol. The van der Waals surface area contributed by atoms with Gasteiger partial charge in [-0.15, -0.1) is 0 Å². The third kappa shape index (κ3) is 5.77. The number of anilines is 1. The Hall–Kier alpha value is -2.80. The van der Waals surface area contributed by atoms with Crippen LogP contribution < -0.4 is 10.6 Å². The van der Waals surface area contributed by atoms with Crippen molar-refractivity contribution in [3.63, 3.8) is 0 Å². The number of nitrogens with zero attached hydrogens (tertiary/aromatic N) is 1. The lowest BCUT2D eigenvalue weighted by atomic mass is 9.78. The number of ether oxygens (including phenoxy) is 1. The predicted octanol–water partition coefficient (Wildman–Crippen LogP) is 4.52. The molecule has 33 heavy (non-hydrogen) atoms. The van der Waals surface area contributed by atoms with Gasteiger partial charge in [0, 0.05) is 10.4 Å². The number of benzene rings is 2. The normalized spacial score (nSPS) is 17.7. The molecule has 0 bridgehead atoms. The summed E-state index contributed by atoms with van der Waals surface area (Å²) in [6.07, 6.45) is 0. The Balaban J connectivity index is 1.88. The molecule has 10 heteroatoms. The summed E-state index contributed by atoms with van der Waals surface area (Å²) >= 11 is 10.4. The van der Waals surface area contributed by atoms with Gasteiger partial charge in [-0.05, 0) is 30.7 Å². The van der Waals surface area contributed by atoms with Gasteiger partial charge < -0.3 is 15.4 Å². The van der Waals surface area contributed by atoms with Crippen molar-refractivity contribution < 1.29 is 19.1 Å². The fourth-order valence-corrected chi connectivity index (χ4v) is 4.94. The third-order valence-corrected chi connectivity index (χ3v) is 6.80. The van der Waals surface area contributed by atoms with Crippen LogP contribution in [0, 0.1) is 24.2 Å². The van der Waals surface area contributed by atoms with Crippen LogP contribution in [-0.4, -0.2) is 30.6 Å². The van der Waals surface area contributed by atoms with Crippen LogP contribution in [0.5, 0.6) is 0 Å². The molecule has 0 aromatic heterocycles. The summed E-state index contributed by atoms with van der Waals surface area (Å²) in [6, 6.07) is 14.4. The van der Waals surface area contributed by atoms with Crippen molar-refractivity contribution in [3.05, 3.63) is 73.7 Å². The first kappa shape index (κ1) is 24.8. The average molecular weight is 549 g/mol. The minimum atomic E-state index is -1.22. The fraction of sp³-hybridized carbons (Fsp3) is 0.217. The minimum Gasteiger partial charge on any atom is -0.468 e. The monoisotopic (exact) mass is 547 g/mol. The molecular formula is C23H19BrClN3O4S. The van der Waals surface area contributed by atoms with Gasteiger partial charge in [-0.2, -0.15) is 5.26 Å². The third-order valence-electron chi connectivity index (χ3n) is 4.97. The van der Waals surface area contributed by atoms with Crippen molar-refractivity contribution in [3.8, 4) is 6.07 Å². The Morgan fingerprint density at radius 1 is 1.27 bits per heavy atom. The molecule has 170 valence electrons. The highest BCUT2D eigenvalue weighted by Gasteiger charge is 2.44. The number of thioether (sulfide) groups is 1. The molecule has 1 heterocycles. The lowest BCUT2D eigenvalue weighted by Crippen LogP contribution is -2.44. The molecule has 2 aromatic rings. The van der Waals surface area contributed by atoms with E-state index in [1.807, 2.05) is 19.1 Å². The van der Waals surface area contributed by atoms with Crippen LogP contribution in [0.15, 0.2) is 57.5 Å². The molecule has 2 atom stereocenters. The van der Waals surface area contributed by atoms with Crippen LogP contribution in [0.4, 0.5) is 5.69 Å². The van der Waals surface area contributed by atoms with E-state index in [0.717, 1.165) is 21.8 Å². The Kier molecular flexibility index (Phi) is 8.19. The Morgan fingerprint density at radius 2 is 1.97 bits per heavy atom. The van der Waals surface area contributed by atoms with Crippen LogP contribution in [0.1, 0.15) is 17.0 Å². The molecule has 2 N–H and O–H groups in total. The van der Waals surface area contributed by atoms with Gasteiger partial charge in [-0.1, -0.05) is 69.1 Å². The molecule has 1 aliphatic heterocycles. The van der Waals surface area contributed by atoms with E-state index in [9.17, 15) is 19.6 Å². The lowest BCUT2D eigenvalue weighted by molar-refractivity contribution is -0.150. The maximum Gasteiger partial charge on any atom is 0.319 e. The Bertz CT molecular complexity index is 1180. The molecule has 0 saturated heterocycles. The Morgan fingerprint density at radius 3 is 2.58 bits per heavy atom. The maximum absolute atomic E-state index is 12.8. The molecule has 0 radical (unpaired) electrons. The number of carbonyl (C=O) groups is 3. The van der Waals surface area contributed by atoms with E-state index < -0.39 is 23.7 Å². The van der Waals surface area contributed by atoms with Crippen molar-refractivity contribution in [2.45, 2.75) is 12.8 Å². The minimum absolute atomic E-state index is 0.0866. The number of amides is 2. The summed E-state index contributed by atoms with van der Waals surface area (Å²) in [5.41, 5.74) is 2.25. The highest BCUT2D eigenvalue weighted by Crippen LogP contribution is 2.40. The Labute approximate surface area is 208 Å². The highest BCUT2D eigenvalue weighted by molar-refractivity contribution is 9.10. The molecule has 0 fully saturated rings. The second-order valence-electron chi connectivity index (χ2n) is 7.19. The standard InChI is InChI=1S/C23H19BrClN3O4S/c1-12-3-5-13(6-4-12)19-15(10-26)22(28-21(30)20(19)23(31)32-2)33-11-18(29)27-17-8-7-14(24)9-16(17)25/h3-9,19-20H,11H2,1-2H3,(H,27,29)(H,28,30)/t19-,20-/m1/s1. The first-order chi connectivity index (χ1) is 15.7. The number of hydrogen-bond acceptors (Lipinski definition) is 6. The van der Waals surface area contributed by atoms with Gasteiger partial charge in [0.05, 0.1) is 40.2 Å². The van der Waals surface area contributed by atoms with Gasteiger partial charge >= 0.3 is 5.97 Å². The van der Waals surface area contributed by atoms with E-state index in [-0.39, 0.29) is 22.3 Å². The second-order valence-corrected chi connectivity index (χ2v) is 9.50. The molecule has 0 aliphatic carbocycles. The maximum atomic E-state index is 12.8. The molecule has 0 unspecified atom stereocenters. The molecule has 7 nitrogen and oxygen atoms in total. The molecule has 2 aromatic carbocycles. The number of allylic oxidation sites excluding steroid dienone is 1. The van der Waals surface area contributed by atoms with Crippen molar-refractivity contribution in [2.24, 2.45) is 5.92 Å². The van der Waals surface area contributed by atoms with Crippen LogP contribution in [-0.2, 0) is 19.1 Å². The number of hydrogen-bond donors (Lipinski definition) is 2. The van der Waals surface area contributed by atoms with Gasteiger partial charge in [0.15, 0.2) is 0 Å². The van der Waals surface area contributed by atoms with Gasteiger partial charge in [0.1, 0.15) is 5.92 Å². The molecule has 2 amide bonds.